The van der Waals surface area contributed by atoms with Gasteiger partial charge in [-0.05, 0) is 32.1 Å². The highest BCUT2D eigenvalue weighted by molar-refractivity contribution is 4.91. The SMILES string of the molecule is CC(O)C1CC(NC2CC2)CN(CCO)C1. The molecule has 1 saturated heterocycles. The van der Waals surface area contributed by atoms with Crippen molar-refractivity contribution >= 4 is 0 Å². The fourth-order valence-electron chi connectivity index (χ4n) is 2.61. The zero-order valence-electron chi connectivity index (χ0n) is 10.1. The second kappa shape index (κ2) is 5.45. The highest BCUT2D eigenvalue weighted by Crippen LogP contribution is 2.25. The monoisotopic (exact) mass is 228 g/mol. The van der Waals surface area contributed by atoms with E-state index < -0.39 is 0 Å². The molecule has 0 bridgehead atoms. The Morgan fingerprint density at radius 1 is 1.31 bits per heavy atom. The van der Waals surface area contributed by atoms with E-state index in [0.717, 1.165) is 26.1 Å². The molecule has 16 heavy (non-hydrogen) atoms. The zero-order chi connectivity index (χ0) is 11.5. The van der Waals surface area contributed by atoms with Gasteiger partial charge in [0.05, 0.1) is 12.7 Å². The quantitative estimate of drug-likeness (QED) is 0.610. The molecule has 0 aromatic carbocycles. The van der Waals surface area contributed by atoms with Crippen LogP contribution in [-0.4, -0.2) is 59.5 Å². The third kappa shape index (κ3) is 3.42. The van der Waals surface area contributed by atoms with Crippen LogP contribution in [0, 0.1) is 5.92 Å². The third-order valence-electron chi connectivity index (χ3n) is 3.71. The van der Waals surface area contributed by atoms with Gasteiger partial charge >= 0.3 is 0 Å². The van der Waals surface area contributed by atoms with Crippen LogP contribution in [0.25, 0.3) is 0 Å². The Morgan fingerprint density at radius 2 is 2.06 bits per heavy atom. The smallest absolute Gasteiger partial charge is 0.0558 e. The number of nitrogens with zero attached hydrogens (tertiary/aromatic N) is 1. The second-order valence-electron chi connectivity index (χ2n) is 5.36. The zero-order valence-corrected chi connectivity index (χ0v) is 10.1. The van der Waals surface area contributed by atoms with Crippen LogP contribution in [0.15, 0.2) is 0 Å². The number of aliphatic hydroxyl groups excluding tert-OH is 2. The Bertz CT molecular complexity index is 219. The van der Waals surface area contributed by atoms with Crippen molar-refractivity contribution < 1.29 is 10.2 Å². The number of nitrogens with one attached hydrogen (secondary N) is 1. The molecule has 1 aliphatic carbocycles. The minimum atomic E-state index is -0.245. The molecule has 0 amide bonds. The first-order valence-corrected chi connectivity index (χ1v) is 6.46. The Morgan fingerprint density at radius 3 is 2.62 bits per heavy atom. The van der Waals surface area contributed by atoms with Crippen LogP contribution < -0.4 is 5.32 Å². The van der Waals surface area contributed by atoms with Gasteiger partial charge in [0.2, 0.25) is 0 Å². The minimum Gasteiger partial charge on any atom is -0.395 e. The summed E-state index contributed by atoms with van der Waals surface area (Å²) < 4.78 is 0. The normalized spacial score (nSPS) is 33.9. The molecular weight excluding hydrogens is 204 g/mol. The van der Waals surface area contributed by atoms with Gasteiger partial charge in [0, 0.05) is 31.7 Å². The predicted molar refractivity (Wildman–Crippen MR) is 63.3 cm³/mol. The first-order chi connectivity index (χ1) is 7.69. The molecule has 2 fully saturated rings. The lowest BCUT2D eigenvalue weighted by atomic mass is 9.90. The summed E-state index contributed by atoms with van der Waals surface area (Å²) in [6.45, 7) is 4.75. The lowest BCUT2D eigenvalue weighted by Crippen LogP contribution is -2.52. The third-order valence-corrected chi connectivity index (χ3v) is 3.71. The van der Waals surface area contributed by atoms with Crippen molar-refractivity contribution in [3.8, 4) is 0 Å². The minimum absolute atomic E-state index is 0.211. The van der Waals surface area contributed by atoms with Crippen LogP contribution >= 0.6 is 0 Å². The second-order valence-corrected chi connectivity index (χ2v) is 5.36. The molecule has 1 aliphatic heterocycles. The molecule has 2 aliphatic rings. The van der Waals surface area contributed by atoms with Gasteiger partial charge < -0.3 is 15.5 Å². The Hall–Kier alpha value is -0.160. The molecule has 1 heterocycles. The first-order valence-electron chi connectivity index (χ1n) is 6.46. The van der Waals surface area contributed by atoms with Crippen LogP contribution in [0.5, 0.6) is 0 Å². The lowest BCUT2D eigenvalue weighted by molar-refractivity contribution is 0.0409. The summed E-state index contributed by atoms with van der Waals surface area (Å²) in [6.07, 6.45) is 3.42. The molecule has 3 unspecified atom stereocenters. The number of aliphatic hydroxyl groups is 2. The van der Waals surface area contributed by atoms with Gasteiger partial charge in [0.25, 0.3) is 0 Å². The Labute approximate surface area is 97.6 Å². The van der Waals surface area contributed by atoms with Crippen molar-refractivity contribution in [1.29, 1.82) is 0 Å². The molecule has 0 spiro atoms. The molecule has 1 saturated carbocycles. The highest BCUT2D eigenvalue weighted by Gasteiger charge is 2.32. The van der Waals surface area contributed by atoms with Crippen LogP contribution in [0.3, 0.4) is 0 Å². The van der Waals surface area contributed by atoms with Gasteiger partial charge in [-0.1, -0.05) is 0 Å². The summed E-state index contributed by atoms with van der Waals surface area (Å²) in [6, 6.07) is 1.21. The van der Waals surface area contributed by atoms with Crippen molar-refractivity contribution in [2.45, 2.75) is 44.4 Å². The van der Waals surface area contributed by atoms with Crippen molar-refractivity contribution in [3.05, 3.63) is 0 Å². The molecule has 4 heteroatoms. The average molecular weight is 228 g/mol. The predicted octanol–water partition coefficient (Wildman–Crippen LogP) is -0.198. The van der Waals surface area contributed by atoms with Crippen molar-refractivity contribution in [2.24, 2.45) is 5.92 Å². The van der Waals surface area contributed by atoms with Crippen LogP contribution in [-0.2, 0) is 0 Å². The molecule has 2 rings (SSSR count). The summed E-state index contributed by atoms with van der Waals surface area (Å²) >= 11 is 0. The number of likely N-dealkylation sites (tertiary alicyclic amines) is 1. The Kier molecular flexibility index (Phi) is 4.19. The van der Waals surface area contributed by atoms with Gasteiger partial charge in [-0.25, -0.2) is 0 Å². The molecule has 0 aromatic heterocycles. The van der Waals surface area contributed by atoms with E-state index in [2.05, 4.69) is 10.2 Å². The van der Waals surface area contributed by atoms with Gasteiger partial charge in [-0.15, -0.1) is 0 Å². The van der Waals surface area contributed by atoms with E-state index in [1.54, 1.807) is 0 Å². The van der Waals surface area contributed by atoms with Crippen LogP contribution in [0.2, 0.25) is 0 Å². The maximum absolute atomic E-state index is 9.71. The van der Waals surface area contributed by atoms with E-state index in [9.17, 15) is 5.11 Å². The summed E-state index contributed by atoms with van der Waals surface area (Å²) in [4.78, 5) is 2.26. The fourth-order valence-corrected chi connectivity index (χ4v) is 2.61. The number of piperidine rings is 1. The van der Waals surface area contributed by atoms with E-state index in [0.29, 0.717) is 18.0 Å². The largest absolute Gasteiger partial charge is 0.395 e. The summed E-state index contributed by atoms with van der Waals surface area (Å²) in [5, 5.41) is 22.3. The van der Waals surface area contributed by atoms with E-state index >= 15 is 0 Å². The molecule has 4 nitrogen and oxygen atoms in total. The van der Waals surface area contributed by atoms with Crippen LogP contribution in [0.1, 0.15) is 26.2 Å². The van der Waals surface area contributed by atoms with Crippen LogP contribution in [0.4, 0.5) is 0 Å². The van der Waals surface area contributed by atoms with E-state index in [1.165, 1.54) is 12.8 Å². The molecule has 0 radical (unpaired) electrons. The van der Waals surface area contributed by atoms with Gasteiger partial charge in [-0.2, -0.15) is 0 Å². The number of rotatable bonds is 5. The Balaban J connectivity index is 1.86. The number of hydrogen-bond donors (Lipinski definition) is 3. The van der Waals surface area contributed by atoms with E-state index in [-0.39, 0.29) is 12.7 Å². The molecular formula is C12H24N2O2. The number of hydrogen-bond acceptors (Lipinski definition) is 4. The lowest BCUT2D eigenvalue weighted by Gasteiger charge is -2.39. The summed E-state index contributed by atoms with van der Waals surface area (Å²) in [5.41, 5.74) is 0. The fraction of sp³-hybridized carbons (Fsp3) is 1.00. The van der Waals surface area contributed by atoms with Crippen molar-refractivity contribution in [3.63, 3.8) is 0 Å². The molecule has 3 N–H and O–H groups in total. The first kappa shape index (κ1) is 12.3. The highest BCUT2D eigenvalue weighted by atomic mass is 16.3. The van der Waals surface area contributed by atoms with Gasteiger partial charge in [0.15, 0.2) is 0 Å². The molecule has 94 valence electrons. The molecule has 0 aromatic rings. The standard InChI is InChI=1S/C12H24N2O2/c1-9(16)10-6-12(13-11-2-3-11)8-14(7-10)4-5-15/h9-13,15-16H,2-8H2,1H3. The van der Waals surface area contributed by atoms with E-state index in [4.69, 9.17) is 5.11 Å². The van der Waals surface area contributed by atoms with Crippen molar-refractivity contribution in [1.82, 2.24) is 10.2 Å². The maximum atomic E-state index is 9.71. The maximum Gasteiger partial charge on any atom is 0.0558 e. The van der Waals surface area contributed by atoms with Gasteiger partial charge in [0.1, 0.15) is 0 Å². The number of β-amino-alcohol motifs (C(OH)–C–C–N with tert-alkyl or cyclic N) is 1. The van der Waals surface area contributed by atoms with Gasteiger partial charge in [-0.3, -0.25) is 4.90 Å². The summed E-state index contributed by atoms with van der Waals surface area (Å²) in [7, 11) is 0. The van der Waals surface area contributed by atoms with E-state index in [1.807, 2.05) is 6.92 Å². The molecule has 3 atom stereocenters. The summed E-state index contributed by atoms with van der Waals surface area (Å²) in [5.74, 6) is 0.344. The van der Waals surface area contributed by atoms with Crippen molar-refractivity contribution in [2.75, 3.05) is 26.2 Å². The topological polar surface area (TPSA) is 55.7 Å². The average Bonchev–Trinajstić information content (AvgIpc) is 3.01.